The Labute approximate surface area is 416 Å². The number of anilines is 1. The van der Waals surface area contributed by atoms with Crippen LogP contribution in [0.3, 0.4) is 0 Å². The lowest BCUT2D eigenvalue weighted by atomic mass is 9.85. The van der Waals surface area contributed by atoms with Gasteiger partial charge in [-0.2, -0.15) is 5.10 Å². The van der Waals surface area contributed by atoms with Crippen molar-refractivity contribution >= 4 is 68.5 Å². The van der Waals surface area contributed by atoms with Gasteiger partial charge < -0.3 is 45.7 Å². The average Bonchev–Trinajstić information content (AvgIpc) is 4.20. The van der Waals surface area contributed by atoms with Gasteiger partial charge in [-0.15, -0.1) is 11.3 Å². The monoisotopic (exact) mass is 989 g/mol. The second kappa shape index (κ2) is 22.7. The van der Waals surface area contributed by atoms with E-state index >= 15 is 0 Å². The van der Waals surface area contributed by atoms with E-state index in [1.165, 1.54) is 4.90 Å². The lowest BCUT2D eigenvalue weighted by Gasteiger charge is -2.35. The van der Waals surface area contributed by atoms with Crippen molar-refractivity contribution in [3.8, 4) is 10.4 Å². The van der Waals surface area contributed by atoms with Gasteiger partial charge in [0.25, 0.3) is 5.91 Å². The fourth-order valence-electron chi connectivity index (χ4n) is 9.12. The van der Waals surface area contributed by atoms with Gasteiger partial charge in [-0.25, -0.2) is 9.97 Å². The number of imidazole rings is 1. The Hall–Kier alpha value is -6.58. The number of amides is 5. The minimum atomic E-state index is -0.982. The van der Waals surface area contributed by atoms with Crippen LogP contribution in [0, 0.1) is 18.3 Å². The van der Waals surface area contributed by atoms with Crippen LogP contribution in [0.2, 0.25) is 0 Å². The number of aliphatic hydroxyl groups is 1. The first-order valence-electron chi connectivity index (χ1n) is 24.0. The van der Waals surface area contributed by atoms with E-state index in [4.69, 9.17) is 14.5 Å². The van der Waals surface area contributed by atoms with Crippen LogP contribution >= 0.6 is 11.3 Å². The number of hydrogen-bond acceptors (Lipinski definition) is 13. The summed E-state index contributed by atoms with van der Waals surface area (Å²) >= 11 is 1.57. The fourth-order valence-corrected chi connectivity index (χ4v) is 9.93. The third kappa shape index (κ3) is 13.0. The second-order valence-corrected chi connectivity index (χ2v) is 20.3. The van der Waals surface area contributed by atoms with Crippen molar-refractivity contribution in [1.29, 1.82) is 0 Å². The highest BCUT2D eigenvalue weighted by molar-refractivity contribution is 7.13. The number of aromatic amines is 1. The van der Waals surface area contributed by atoms with Crippen LogP contribution in [0.5, 0.6) is 0 Å². The second-order valence-electron chi connectivity index (χ2n) is 19.5. The van der Waals surface area contributed by atoms with Crippen LogP contribution in [-0.2, 0) is 48.8 Å². The SMILES string of the molecule is Cc1ncsc1-c1ccc(CNC(=O)[C@@H]2C[C@@H](O)CN2C(=O)[C@@H](NC(=O)COCCOCCNC(=O)CC2CCN(Cc3nc4ccc(NC(=O)c5ccc6c(cnn6C)c5)cc4[nH]3)C2)C(C)(C)C)cc1. The summed E-state index contributed by atoms with van der Waals surface area (Å²) in [5, 5.41) is 27.3. The molecule has 19 nitrogen and oxygen atoms in total. The normalized spacial score (nSPS) is 17.7. The van der Waals surface area contributed by atoms with Crippen LogP contribution in [-0.4, -0.2) is 140 Å². The Bertz CT molecular complexity index is 2850. The number of ether oxygens (including phenoxy) is 2. The van der Waals surface area contributed by atoms with Gasteiger partial charge >= 0.3 is 0 Å². The maximum Gasteiger partial charge on any atom is 0.255 e. The summed E-state index contributed by atoms with van der Waals surface area (Å²) < 4.78 is 12.9. The van der Waals surface area contributed by atoms with Crippen LogP contribution in [0.25, 0.3) is 32.4 Å². The molecule has 3 aromatic carbocycles. The number of fused-ring (bicyclic) bond motifs is 2. The zero-order valence-corrected chi connectivity index (χ0v) is 41.6. The summed E-state index contributed by atoms with van der Waals surface area (Å²) in [7, 11) is 1.86. The number of hydrogen-bond donors (Lipinski definition) is 6. The number of aryl methyl sites for hydroxylation is 2. The van der Waals surface area contributed by atoms with Crippen LogP contribution in [0.4, 0.5) is 5.69 Å². The van der Waals surface area contributed by atoms with Crippen LogP contribution in [0.1, 0.15) is 67.5 Å². The van der Waals surface area contributed by atoms with Crippen molar-refractivity contribution in [2.75, 3.05) is 57.9 Å². The highest BCUT2D eigenvalue weighted by atomic mass is 32.1. The number of carbonyl (C=O) groups excluding carboxylic acids is 5. The number of likely N-dealkylation sites (tertiary alicyclic amines) is 2. The van der Waals surface area contributed by atoms with E-state index in [2.05, 4.69) is 41.2 Å². The zero-order chi connectivity index (χ0) is 50.2. The number of nitrogens with one attached hydrogen (secondary N) is 5. The number of rotatable bonds is 20. The number of aliphatic hydroxyl groups excluding tert-OH is 1. The van der Waals surface area contributed by atoms with Gasteiger partial charge in [0.1, 0.15) is 24.5 Å². The molecule has 3 aromatic heterocycles. The topological polar surface area (TPSA) is 238 Å². The van der Waals surface area contributed by atoms with Gasteiger partial charge in [0.05, 0.1) is 71.3 Å². The largest absolute Gasteiger partial charge is 0.391 e. The number of carbonyl (C=O) groups is 5. The lowest BCUT2D eigenvalue weighted by molar-refractivity contribution is -0.144. The maximum atomic E-state index is 14.0. The lowest BCUT2D eigenvalue weighted by Crippen LogP contribution is -2.58. The quantitative estimate of drug-likeness (QED) is 0.0588. The molecule has 2 saturated heterocycles. The summed E-state index contributed by atoms with van der Waals surface area (Å²) in [6, 6.07) is 17.1. The molecule has 0 saturated carbocycles. The Balaban J connectivity index is 0.692. The van der Waals surface area contributed by atoms with Crippen molar-refractivity contribution < 1.29 is 38.6 Å². The summed E-state index contributed by atoms with van der Waals surface area (Å²) in [6.07, 6.45) is 2.24. The summed E-state index contributed by atoms with van der Waals surface area (Å²) in [6.45, 7) is 10.5. The number of aromatic nitrogens is 5. The van der Waals surface area contributed by atoms with E-state index in [0.717, 1.165) is 69.0 Å². The van der Waals surface area contributed by atoms with Crippen molar-refractivity contribution in [1.82, 2.24) is 50.5 Å². The van der Waals surface area contributed by atoms with Crippen molar-refractivity contribution in [3.05, 3.63) is 95.0 Å². The first-order chi connectivity index (χ1) is 34.1. The van der Waals surface area contributed by atoms with Crippen LogP contribution < -0.4 is 21.3 Å². The van der Waals surface area contributed by atoms with Gasteiger partial charge in [0.2, 0.25) is 23.6 Å². The molecule has 1 unspecified atom stereocenters. The van der Waals surface area contributed by atoms with Gasteiger partial charge in [-0.3, -0.25) is 33.6 Å². The number of benzene rings is 3. The molecule has 2 aliphatic rings. The van der Waals surface area contributed by atoms with E-state index in [1.807, 2.05) is 94.9 Å². The molecule has 2 aliphatic heterocycles. The van der Waals surface area contributed by atoms with Crippen molar-refractivity contribution in [3.63, 3.8) is 0 Å². The third-order valence-corrected chi connectivity index (χ3v) is 13.9. The molecule has 20 heteroatoms. The molecule has 71 heavy (non-hydrogen) atoms. The van der Waals surface area contributed by atoms with Gasteiger partial charge in [-0.05, 0) is 78.7 Å². The van der Waals surface area contributed by atoms with E-state index in [0.29, 0.717) is 30.8 Å². The third-order valence-electron chi connectivity index (χ3n) is 12.9. The molecule has 6 N–H and O–H groups in total. The molecule has 0 spiro atoms. The van der Waals surface area contributed by atoms with E-state index in [9.17, 15) is 29.1 Å². The molecular weight excluding hydrogens is 927 g/mol. The van der Waals surface area contributed by atoms with E-state index in [1.54, 1.807) is 28.3 Å². The molecule has 5 amide bonds. The van der Waals surface area contributed by atoms with Crippen molar-refractivity contribution in [2.24, 2.45) is 18.4 Å². The number of nitrogens with zero attached hydrogens (tertiary/aromatic N) is 6. The highest BCUT2D eigenvalue weighted by Gasteiger charge is 2.44. The Kier molecular flexibility index (Phi) is 16.2. The van der Waals surface area contributed by atoms with Crippen LogP contribution in [0.15, 0.2) is 72.4 Å². The predicted molar refractivity (Wildman–Crippen MR) is 269 cm³/mol. The average molecular weight is 990 g/mol. The van der Waals surface area contributed by atoms with Gasteiger partial charge in [0, 0.05) is 62.7 Å². The Morgan fingerprint density at radius 1 is 0.958 bits per heavy atom. The summed E-state index contributed by atoms with van der Waals surface area (Å²) in [5.41, 5.74) is 7.77. The minimum Gasteiger partial charge on any atom is -0.391 e. The molecule has 0 aliphatic carbocycles. The molecule has 2 fully saturated rings. The standard InChI is InChI=1S/C51H63N11O8S/c1-31-46(71-30-54-31)34-8-6-32(7-9-34)24-53-49(67)42-23-38(63)27-62(42)50(68)47(51(2,3)4)59-45(65)29-70-19-18-69-17-15-52-44(64)20-33-14-16-61(26-33)28-43-57-39-12-11-37(22-40(39)58-43)56-48(66)35-10-13-41-36(21-35)25-55-60(41)5/h6-13,21-22,25,30,33,38,42,47,63H,14-20,23-24,26-29H2,1-5H3,(H,52,64)(H,53,67)(H,56,66)(H,57,58)(H,59,65)/t33?,38-,42+,47-/m1/s1. The predicted octanol–water partition coefficient (Wildman–Crippen LogP) is 4.30. The fraction of sp³-hybridized carbons (Fsp3) is 0.451. The molecule has 4 atom stereocenters. The van der Waals surface area contributed by atoms with Gasteiger partial charge in [-0.1, -0.05) is 45.0 Å². The minimum absolute atomic E-state index is 0.0272. The first-order valence-corrected chi connectivity index (χ1v) is 24.9. The van der Waals surface area contributed by atoms with Crippen molar-refractivity contribution in [2.45, 2.75) is 78.2 Å². The Morgan fingerprint density at radius 3 is 2.54 bits per heavy atom. The molecule has 0 radical (unpaired) electrons. The molecule has 8 rings (SSSR count). The molecule has 0 bridgehead atoms. The molecule has 6 aromatic rings. The van der Waals surface area contributed by atoms with Gasteiger partial charge in [0.15, 0.2) is 0 Å². The maximum absolute atomic E-state index is 14.0. The van der Waals surface area contributed by atoms with E-state index in [-0.39, 0.29) is 69.6 Å². The molecule has 376 valence electrons. The first kappa shape index (κ1) is 50.8. The number of H-pyrrole nitrogens is 1. The zero-order valence-electron chi connectivity index (χ0n) is 40.8. The summed E-state index contributed by atoms with van der Waals surface area (Å²) in [5.74, 6) is -0.568. The molecular formula is C51H63N11O8S. The smallest absolute Gasteiger partial charge is 0.255 e. The highest BCUT2D eigenvalue weighted by Crippen LogP contribution is 2.29. The van der Waals surface area contributed by atoms with E-state index < -0.39 is 35.4 Å². The number of thiazole rings is 1. The summed E-state index contributed by atoms with van der Waals surface area (Å²) in [4.78, 5) is 83.4. The Morgan fingerprint density at radius 2 is 1.76 bits per heavy atom. The number of β-amino-alcohol motifs (C(OH)–C–C–N with tert-alkyl or cyclic N) is 1. The molecule has 5 heterocycles.